The van der Waals surface area contributed by atoms with Crippen molar-refractivity contribution in [3.63, 3.8) is 0 Å². The summed E-state index contributed by atoms with van der Waals surface area (Å²) in [5.41, 5.74) is 1.72. The van der Waals surface area contributed by atoms with Gasteiger partial charge in [-0.15, -0.1) is 0 Å². The second-order valence-corrected chi connectivity index (χ2v) is 6.19. The lowest BCUT2D eigenvalue weighted by Crippen LogP contribution is -2.16. The van der Waals surface area contributed by atoms with E-state index in [9.17, 15) is 4.39 Å². The van der Waals surface area contributed by atoms with Crippen molar-refractivity contribution in [1.82, 2.24) is 0 Å². The molecule has 0 heterocycles. The lowest BCUT2D eigenvalue weighted by Gasteiger charge is -2.24. The minimum Gasteiger partial charge on any atom is -0.207 e. The van der Waals surface area contributed by atoms with Crippen LogP contribution in [0.15, 0.2) is 18.2 Å². The van der Waals surface area contributed by atoms with Gasteiger partial charge in [0.15, 0.2) is 0 Å². The van der Waals surface area contributed by atoms with Crippen LogP contribution in [0.5, 0.6) is 0 Å². The summed E-state index contributed by atoms with van der Waals surface area (Å²) >= 11 is 0. The van der Waals surface area contributed by atoms with Gasteiger partial charge in [0, 0.05) is 0 Å². The molecule has 1 aromatic rings. The Kier molecular flexibility index (Phi) is 2.95. The van der Waals surface area contributed by atoms with Crippen molar-refractivity contribution in [3.05, 3.63) is 35.1 Å². The van der Waals surface area contributed by atoms with E-state index in [1.807, 2.05) is 32.9 Å². The first-order valence-corrected chi connectivity index (χ1v) is 5.43. The van der Waals surface area contributed by atoms with Gasteiger partial charge in [-0.2, -0.15) is 0 Å². The molecule has 0 bridgehead atoms. The summed E-state index contributed by atoms with van der Waals surface area (Å²) in [5.74, 6) is -0.0880. The summed E-state index contributed by atoms with van der Waals surface area (Å²) in [7, 11) is 0. The van der Waals surface area contributed by atoms with E-state index >= 15 is 0 Å². The molecule has 0 saturated heterocycles. The molecule has 0 aliphatic heterocycles. The average molecular weight is 208 g/mol. The van der Waals surface area contributed by atoms with Crippen molar-refractivity contribution < 1.29 is 4.39 Å². The lowest BCUT2D eigenvalue weighted by atomic mass is 9.82. The molecule has 0 nitrogen and oxygen atoms in total. The van der Waals surface area contributed by atoms with Crippen LogP contribution in [0.4, 0.5) is 4.39 Å². The number of halogens is 1. The van der Waals surface area contributed by atoms with Gasteiger partial charge >= 0.3 is 0 Å². The molecule has 84 valence electrons. The first-order valence-electron chi connectivity index (χ1n) is 5.43. The zero-order chi connectivity index (χ0) is 11.9. The minimum atomic E-state index is -0.125. The van der Waals surface area contributed by atoms with Crippen molar-refractivity contribution in [1.29, 1.82) is 0 Å². The Morgan fingerprint density at radius 1 is 0.867 bits per heavy atom. The molecular formula is C14H21F. The molecule has 0 fully saturated rings. The molecule has 0 N–H and O–H groups in total. The van der Waals surface area contributed by atoms with Gasteiger partial charge in [0.2, 0.25) is 0 Å². The van der Waals surface area contributed by atoms with Crippen molar-refractivity contribution in [2.24, 2.45) is 0 Å². The van der Waals surface area contributed by atoms with Gasteiger partial charge in [-0.1, -0.05) is 53.7 Å². The molecule has 0 aromatic heterocycles. The largest absolute Gasteiger partial charge is 0.207 e. The van der Waals surface area contributed by atoms with Crippen molar-refractivity contribution in [2.45, 2.75) is 52.4 Å². The van der Waals surface area contributed by atoms with E-state index in [1.54, 1.807) is 6.07 Å². The van der Waals surface area contributed by atoms with E-state index in [0.29, 0.717) is 0 Å². The van der Waals surface area contributed by atoms with E-state index in [0.717, 1.165) is 11.1 Å². The maximum Gasteiger partial charge on any atom is 0.127 e. The maximum atomic E-state index is 13.9. The second-order valence-electron chi connectivity index (χ2n) is 6.19. The number of benzene rings is 1. The van der Waals surface area contributed by atoms with Gasteiger partial charge in [0.05, 0.1) is 0 Å². The van der Waals surface area contributed by atoms with Crippen LogP contribution in [0, 0.1) is 5.82 Å². The van der Waals surface area contributed by atoms with E-state index in [2.05, 4.69) is 20.8 Å². The van der Waals surface area contributed by atoms with E-state index in [-0.39, 0.29) is 16.6 Å². The summed E-state index contributed by atoms with van der Waals surface area (Å²) < 4.78 is 13.9. The molecular weight excluding hydrogens is 187 g/mol. The molecule has 15 heavy (non-hydrogen) atoms. The van der Waals surface area contributed by atoms with Crippen molar-refractivity contribution in [3.8, 4) is 0 Å². The second kappa shape index (κ2) is 3.62. The van der Waals surface area contributed by atoms with Gasteiger partial charge in [0.25, 0.3) is 0 Å². The predicted molar refractivity (Wildman–Crippen MR) is 63.8 cm³/mol. The van der Waals surface area contributed by atoms with Crippen LogP contribution in [0.3, 0.4) is 0 Å². The molecule has 0 unspecified atom stereocenters. The summed E-state index contributed by atoms with van der Waals surface area (Å²) in [6.07, 6.45) is 0. The lowest BCUT2D eigenvalue weighted by molar-refractivity contribution is 0.513. The van der Waals surface area contributed by atoms with Gasteiger partial charge < -0.3 is 0 Å². The third-order valence-electron chi connectivity index (χ3n) is 2.64. The highest BCUT2D eigenvalue weighted by atomic mass is 19.1. The summed E-state index contributed by atoms with van der Waals surface area (Å²) in [5, 5.41) is 0. The van der Waals surface area contributed by atoms with Crippen molar-refractivity contribution >= 4 is 0 Å². The Balaban J connectivity index is 3.21. The van der Waals surface area contributed by atoms with Crippen LogP contribution >= 0.6 is 0 Å². The minimum absolute atomic E-state index is 0.0112. The standard InChI is InChI=1S/C14H21F/c1-13(2,3)10-7-8-11(12(15)9-10)14(4,5)6/h7-9H,1-6H3. The zero-order valence-corrected chi connectivity index (χ0v) is 10.6. The highest BCUT2D eigenvalue weighted by molar-refractivity contribution is 5.32. The smallest absolute Gasteiger partial charge is 0.127 e. The van der Waals surface area contributed by atoms with Crippen LogP contribution in [-0.4, -0.2) is 0 Å². The molecule has 0 aliphatic rings. The van der Waals surface area contributed by atoms with E-state index < -0.39 is 0 Å². The fourth-order valence-corrected chi connectivity index (χ4v) is 1.59. The van der Waals surface area contributed by atoms with Gasteiger partial charge in [0.1, 0.15) is 5.82 Å². The SMILES string of the molecule is CC(C)(C)c1ccc(C(C)(C)C)c(F)c1. The molecule has 0 amide bonds. The molecule has 1 aromatic carbocycles. The third-order valence-corrected chi connectivity index (χ3v) is 2.64. The van der Waals surface area contributed by atoms with E-state index in [4.69, 9.17) is 0 Å². The third kappa shape index (κ3) is 2.80. The highest BCUT2D eigenvalue weighted by Crippen LogP contribution is 2.29. The summed E-state index contributed by atoms with van der Waals surface area (Å²) in [4.78, 5) is 0. The molecule has 1 rings (SSSR count). The number of hydrogen-bond donors (Lipinski definition) is 0. The summed E-state index contributed by atoms with van der Waals surface area (Å²) in [6, 6.07) is 5.61. The van der Waals surface area contributed by atoms with E-state index in [1.165, 1.54) is 0 Å². The first-order chi connectivity index (χ1) is 6.62. The topological polar surface area (TPSA) is 0 Å². The molecule has 0 saturated carbocycles. The maximum absolute atomic E-state index is 13.9. The van der Waals surface area contributed by atoms with Crippen LogP contribution < -0.4 is 0 Å². The normalized spacial score (nSPS) is 13.0. The van der Waals surface area contributed by atoms with Gasteiger partial charge in [-0.25, -0.2) is 4.39 Å². The Bertz CT molecular complexity index is 351. The average Bonchev–Trinajstić information content (AvgIpc) is 1.99. The number of hydrogen-bond acceptors (Lipinski definition) is 0. The first kappa shape index (κ1) is 12.2. The predicted octanol–water partition coefficient (Wildman–Crippen LogP) is 4.42. The van der Waals surface area contributed by atoms with Crippen LogP contribution in [0.25, 0.3) is 0 Å². The van der Waals surface area contributed by atoms with Gasteiger partial charge in [-0.05, 0) is 28.0 Å². The Morgan fingerprint density at radius 3 is 1.73 bits per heavy atom. The Hall–Kier alpha value is -0.850. The fraction of sp³-hybridized carbons (Fsp3) is 0.571. The fourth-order valence-electron chi connectivity index (χ4n) is 1.59. The Labute approximate surface area is 92.5 Å². The number of rotatable bonds is 0. The highest BCUT2D eigenvalue weighted by Gasteiger charge is 2.21. The molecule has 0 spiro atoms. The van der Waals surface area contributed by atoms with Crippen molar-refractivity contribution in [2.75, 3.05) is 0 Å². The molecule has 1 heteroatoms. The molecule has 0 atom stereocenters. The quantitative estimate of drug-likeness (QED) is 0.592. The zero-order valence-electron chi connectivity index (χ0n) is 10.6. The van der Waals surface area contributed by atoms with Gasteiger partial charge in [-0.3, -0.25) is 0 Å². The van der Waals surface area contributed by atoms with Crippen LogP contribution in [0.1, 0.15) is 52.7 Å². The summed E-state index contributed by atoms with van der Waals surface area (Å²) in [6.45, 7) is 12.4. The monoisotopic (exact) mass is 208 g/mol. The molecule has 0 radical (unpaired) electrons. The van der Waals surface area contributed by atoms with Crippen LogP contribution in [0.2, 0.25) is 0 Å². The Morgan fingerprint density at radius 2 is 1.40 bits per heavy atom. The molecule has 0 aliphatic carbocycles. The van der Waals surface area contributed by atoms with Crippen LogP contribution in [-0.2, 0) is 10.8 Å².